The van der Waals surface area contributed by atoms with Crippen LogP contribution in [-0.2, 0) is 9.47 Å². The van der Waals surface area contributed by atoms with E-state index in [1.54, 1.807) is 7.11 Å². The summed E-state index contributed by atoms with van der Waals surface area (Å²) in [4.78, 5) is 11.7. The molecule has 1 aromatic rings. The molecule has 0 aromatic heterocycles. The van der Waals surface area contributed by atoms with Gasteiger partial charge in [-0.05, 0) is 39.2 Å². The molecule has 128 valence electrons. The smallest absolute Gasteiger partial charge is 0.407 e. The third kappa shape index (κ3) is 5.84. The Hall–Kier alpha value is -1.59. The van der Waals surface area contributed by atoms with Crippen LogP contribution in [0.25, 0.3) is 0 Å². The summed E-state index contributed by atoms with van der Waals surface area (Å²) in [7, 11) is 1.71. The van der Waals surface area contributed by atoms with Gasteiger partial charge in [-0.25, -0.2) is 4.79 Å². The fourth-order valence-electron chi connectivity index (χ4n) is 2.72. The second-order valence-electron chi connectivity index (χ2n) is 7.10. The number of ether oxygens (including phenoxy) is 2. The van der Waals surface area contributed by atoms with Crippen LogP contribution in [0.15, 0.2) is 30.3 Å². The molecule has 1 saturated carbocycles. The molecule has 5 heteroatoms. The summed E-state index contributed by atoms with van der Waals surface area (Å²) in [5.41, 5.74) is 0.764. The van der Waals surface area contributed by atoms with Crippen LogP contribution < -0.4 is 10.6 Å². The molecule has 23 heavy (non-hydrogen) atoms. The van der Waals surface area contributed by atoms with E-state index in [2.05, 4.69) is 22.8 Å². The van der Waals surface area contributed by atoms with Crippen LogP contribution in [0.2, 0.25) is 0 Å². The van der Waals surface area contributed by atoms with Gasteiger partial charge in [0.25, 0.3) is 0 Å². The van der Waals surface area contributed by atoms with Crippen LogP contribution in [0.1, 0.15) is 45.2 Å². The second kappa shape index (κ2) is 7.79. The largest absolute Gasteiger partial charge is 0.444 e. The maximum atomic E-state index is 11.7. The highest BCUT2D eigenvalue weighted by Crippen LogP contribution is 2.24. The van der Waals surface area contributed by atoms with Gasteiger partial charge in [0.15, 0.2) is 0 Å². The van der Waals surface area contributed by atoms with Gasteiger partial charge in [-0.2, -0.15) is 0 Å². The van der Waals surface area contributed by atoms with Crippen molar-refractivity contribution in [1.29, 1.82) is 0 Å². The fourth-order valence-corrected chi connectivity index (χ4v) is 2.72. The number of alkyl carbamates (subject to hydrolysis) is 1. The number of rotatable bonds is 6. The summed E-state index contributed by atoms with van der Waals surface area (Å²) in [6, 6.07) is 11.0. The predicted molar refractivity (Wildman–Crippen MR) is 90.4 cm³/mol. The zero-order valence-corrected chi connectivity index (χ0v) is 14.5. The van der Waals surface area contributed by atoms with Crippen molar-refractivity contribution in [2.24, 2.45) is 0 Å². The van der Waals surface area contributed by atoms with E-state index in [4.69, 9.17) is 9.47 Å². The molecular weight excluding hydrogens is 292 g/mol. The Bertz CT molecular complexity index is 493. The summed E-state index contributed by atoms with van der Waals surface area (Å²) in [5, 5.41) is 6.52. The number of methoxy groups -OCH3 is 1. The quantitative estimate of drug-likeness (QED) is 0.846. The van der Waals surface area contributed by atoms with Crippen LogP contribution in [0.5, 0.6) is 0 Å². The van der Waals surface area contributed by atoms with E-state index in [0.29, 0.717) is 12.6 Å². The Labute approximate surface area is 138 Å². The summed E-state index contributed by atoms with van der Waals surface area (Å²) in [6.45, 7) is 6.23. The average Bonchev–Trinajstić information content (AvgIpc) is 2.43. The second-order valence-corrected chi connectivity index (χ2v) is 7.10. The summed E-state index contributed by atoms with van der Waals surface area (Å²) in [5.74, 6) is 0. The lowest BCUT2D eigenvalue weighted by atomic mass is 9.86. The monoisotopic (exact) mass is 320 g/mol. The minimum Gasteiger partial charge on any atom is -0.444 e. The van der Waals surface area contributed by atoms with Crippen molar-refractivity contribution in [3.8, 4) is 0 Å². The van der Waals surface area contributed by atoms with E-state index in [-0.39, 0.29) is 18.2 Å². The Morgan fingerprint density at radius 2 is 1.87 bits per heavy atom. The van der Waals surface area contributed by atoms with Crippen molar-refractivity contribution in [2.45, 2.75) is 57.3 Å². The highest BCUT2D eigenvalue weighted by atomic mass is 16.6. The van der Waals surface area contributed by atoms with Crippen molar-refractivity contribution < 1.29 is 14.3 Å². The van der Waals surface area contributed by atoms with E-state index in [1.165, 1.54) is 5.56 Å². The third-order valence-corrected chi connectivity index (χ3v) is 3.83. The molecule has 0 saturated heterocycles. The minimum atomic E-state index is -0.456. The molecule has 5 nitrogen and oxygen atoms in total. The molecule has 1 atom stereocenters. The van der Waals surface area contributed by atoms with E-state index in [0.717, 1.165) is 12.8 Å². The molecule has 1 aliphatic rings. The maximum absolute atomic E-state index is 11.7. The normalized spacial score (nSPS) is 22.1. The average molecular weight is 320 g/mol. The van der Waals surface area contributed by atoms with Crippen LogP contribution in [0.4, 0.5) is 4.79 Å². The number of hydrogen-bond acceptors (Lipinski definition) is 4. The number of carbonyl (C=O) groups is 1. The Morgan fingerprint density at radius 1 is 1.22 bits per heavy atom. The van der Waals surface area contributed by atoms with E-state index < -0.39 is 5.60 Å². The van der Waals surface area contributed by atoms with Crippen molar-refractivity contribution >= 4 is 6.09 Å². The van der Waals surface area contributed by atoms with Crippen LogP contribution in [0, 0.1) is 0 Å². The Morgan fingerprint density at radius 3 is 2.43 bits per heavy atom. The van der Waals surface area contributed by atoms with Crippen LogP contribution >= 0.6 is 0 Å². The van der Waals surface area contributed by atoms with Gasteiger partial charge in [0.2, 0.25) is 0 Å². The molecule has 1 fully saturated rings. The number of amides is 1. The zero-order chi connectivity index (χ0) is 16.9. The standard InChI is InChI=1S/C18H28N2O3/c1-18(2,3)23-17(21)20-15-10-14(11-15)19-16(12-22-4)13-8-6-5-7-9-13/h5-9,14-16,19H,10-12H2,1-4H3,(H,20,21). The molecule has 0 bridgehead atoms. The molecule has 0 aliphatic heterocycles. The molecule has 1 aromatic carbocycles. The lowest BCUT2D eigenvalue weighted by molar-refractivity contribution is 0.0457. The van der Waals surface area contributed by atoms with Crippen molar-refractivity contribution in [2.75, 3.05) is 13.7 Å². The third-order valence-electron chi connectivity index (χ3n) is 3.83. The summed E-state index contributed by atoms with van der Waals surface area (Å²) >= 11 is 0. The van der Waals surface area contributed by atoms with Crippen LogP contribution in [-0.4, -0.2) is 37.5 Å². The number of carbonyl (C=O) groups excluding carboxylic acids is 1. The van der Waals surface area contributed by atoms with Gasteiger partial charge in [-0.1, -0.05) is 30.3 Å². The van der Waals surface area contributed by atoms with Gasteiger partial charge in [-0.15, -0.1) is 0 Å². The maximum Gasteiger partial charge on any atom is 0.407 e. The van der Waals surface area contributed by atoms with Crippen molar-refractivity contribution in [3.05, 3.63) is 35.9 Å². The number of nitrogens with one attached hydrogen (secondary N) is 2. The van der Waals surface area contributed by atoms with Gasteiger partial charge in [0.05, 0.1) is 12.6 Å². The lowest BCUT2D eigenvalue weighted by Gasteiger charge is -2.39. The summed E-state index contributed by atoms with van der Waals surface area (Å²) in [6.07, 6.45) is 1.48. The lowest BCUT2D eigenvalue weighted by Crippen LogP contribution is -2.54. The molecule has 1 unspecified atom stereocenters. The fraction of sp³-hybridized carbons (Fsp3) is 0.611. The summed E-state index contributed by atoms with van der Waals surface area (Å²) < 4.78 is 10.6. The highest BCUT2D eigenvalue weighted by Gasteiger charge is 2.33. The van der Waals surface area contributed by atoms with Crippen LogP contribution in [0.3, 0.4) is 0 Å². The molecule has 0 heterocycles. The molecule has 2 N–H and O–H groups in total. The topological polar surface area (TPSA) is 59.6 Å². The number of benzene rings is 1. The minimum absolute atomic E-state index is 0.175. The van der Waals surface area contributed by atoms with E-state index in [1.807, 2.05) is 39.0 Å². The first-order chi connectivity index (χ1) is 10.9. The van der Waals surface area contributed by atoms with Crippen molar-refractivity contribution in [3.63, 3.8) is 0 Å². The van der Waals surface area contributed by atoms with Gasteiger partial charge >= 0.3 is 6.09 Å². The number of hydrogen-bond donors (Lipinski definition) is 2. The first kappa shape index (κ1) is 17.8. The first-order valence-corrected chi connectivity index (χ1v) is 8.17. The zero-order valence-electron chi connectivity index (χ0n) is 14.5. The predicted octanol–water partition coefficient (Wildman–Crippen LogP) is 3.02. The van der Waals surface area contributed by atoms with Gasteiger partial charge in [0, 0.05) is 19.2 Å². The van der Waals surface area contributed by atoms with E-state index in [9.17, 15) is 4.79 Å². The van der Waals surface area contributed by atoms with Gasteiger partial charge < -0.3 is 20.1 Å². The molecule has 0 spiro atoms. The SMILES string of the molecule is COCC(NC1CC(NC(=O)OC(C)(C)C)C1)c1ccccc1. The molecule has 2 rings (SSSR count). The molecule has 0 radical (unpaired) electrons. The van der Waals surface area contributed by atoms with Gasteiger partial charge in [0.1, 0.15) is 5.60 Å². The van der Waals surface area contributed by atoms with E-state index >= 15 is 0 Å². The molecular formula is C18H28N2O3. The van der Waals surface area contributed by atoms with Crippen molar-refractivity contribution in [1.82, 2.24) is 10.6 Å². The first-order valence-electron chi connectivity index (χ1n) is 8.17. The molecule has 1 amide bonds. The van der Waals surface area contributed by atoms with Gasteiger partial charge in [-0.3, -0.25) is 0 Å². The Balaban J connectivity index is 1.77. The highest BCUT2D eigenvalue weighted by molar-refractivity contribution is 5.68. The Kier molecular flexibility index (Phi) is 6.02. The molecule has 1 aliphatic carbocycles.